The molecule has 1 heterocycles. The molecule has 6 heteroatoms. The Balaban J connectivity index is 1.95. The summed E-state index contributed by atoms with van der Waals surface area (Å²) in [7, 11) is 0. The lowest BCUT2D eigenvalue weighted by Crippen LogP contribution is -2.40. The highest BCUT2D eigenvalue weighted by Gasteiger charge is 2.30. The number of nitro groups is 1. The van der Waals surface area contributed by atoms with E-state index in [1.54, 1.807) is 12.1 Å². The van der Waals surface area contributed by atoms with Gasteiger partial charge in [0.15, 0.2) is 0 Å². The normalized spacial score (nSPS) is 15.9. The number of non-ortho nitro benzene ring substituents is 1. The van der Waals surface area contributed by atoms with E-state index in [9.17, 15) is 14.9 Å². The molecule has 1 saturated heterocycles. The number of likely N-dealkylation sites (tertiary alicyclic amines) is 1. The van der Waals surface area contributed by atoms with E-state index in [1.807, 2.05) is 32.0 Å². The summed E-state index contributed by atoms with van der Waals surface area (Å²) in [4.78, 5) is 26.2. The summed E-state index contributed by atoms with van der Waals surface area (Å²) in [5, 5.41) is 14.3. The Morgan fingerprint density at radius 1 is 1.07 bits per heavy atom. The third-order valence-electron chi connectivity index (χ3n) is 5.13. The molecular weight excluding hydrogens is 342 g/mol. The van der Waals surface area contributed by atoms with E-state index < -0.39 is 11.0 Å². The number of piperidine rings is 1. The Morgan fingerprint density at radius 3 is 2.33 bits per heavy atom. The minimum Gasteiger partial charge on any atom is -0.324 e. The largest absolute Gasteiger partial charge is 0.324 e. The van der Waals surface area contributed by atoms with Crippen molar-refractivity contribution in [2.45, 2.75) is 39.2 Å². The van der Waals surface area contributed by atoms with Crippen LogP contribution in [-0.2, 0) is 4.79 Å². The molecule has 0 aromatic heterocycles. The minimum atomic E-state index is -0.538. The van der Waals surface area contributed by atoms with E-state index in [1.165, 1.54) is 12.1 Å². The number of nitrogens with one attached hydrogen (secondary N) is 1. The number of para-hydroxylation sites is 1. The molecule has 1 fully saturated rings. The second-order valence-electron chi connectivity index (χ2n) is 7.11. The van der Waals surface area contributed by atoms with Crippen LogP contribution in [0.25, 0.3) is 0 Å². The lowest BCUT2D eigenvalue weighted by atomic mass is 9.99. The number of nitro benzene ring substituents is 1. The maximum Gasteiger partial charge on any atom is 0.269 e. The molecule has 0 radical (unpaired) electrons. The molecule has 6 nitrogen and oxygen atoms in total. The number of anilines is 1. The van der Waals surface area contributed by atoms with E-state index in [4.69, 9.17) is 0 Å². The fourth-order valence-electron chi connectivity index (χ4n) is 3.72. The topological polar surface area (TPSA) is 75.5 Å². The predicted octanol–water partition coefficient (Wildman–Crippen LogP) is 4.38. The van der Waals surface area contributed by atoms with Crippen molar-refractivity contribution < 1.29 is 9.72 Å². The first-order chi connectivity index (χ1) is 13.0. The van der Waals surface area contributed by atoms with Gasteiger partial charge >= 0.3 is 0 Å². The van der Waals surface area contributed by atoms with Crippen LogP contribution in [0.5, 0.6) is 0 Å². The lowest BCUT2D eigenvalue weighted by molar-refractivity contribution is -0.384. The number of rotatable bonds is 5. The van der Waals surface area contributed by atoms with Gasteiger partial charge in [0.05, 0.1) is 4.92 Å². The summed E-state index contributed by atoms with van der Waals surface area (Å²) < 4.78 is 0. The Hall–Kier alpha value is -2.73. The van der Waals surface area contributed by atoms with Crippen molar-refractivity contribution >= 4 is 17.3 Å². The molecule has 2 aromatic rings. The first kappa shape index (κ1) is 19.0. The van der Waals surface area contributed by atoms with Gasteiger partial charge in [-0.2, -0.15) is 0 Å². The first-order valence-electron chi connectivity index (χ1n) is 9.33. The monoisotopic (exact) mass is 367 g/mol. The summed E-state index contributed by atoms with van der Waals surface area (Å²) in [5.74, 6) is -0.144. The van der Waals surface area contributed by atoms with E-state index in [2.05, 4.69) is 10.2 Å². The molecule has 2 aromatic carbocycles. The maximum atomic E-state index is 13.3. The number of amides is 1. The molecule has 1 aliphatic rings. The molecule has 142 valence electrons. The second kappa shape index (κ2) is 8.31. The van der Waals surface area contributed by atoms with Gasteiger partial charge in [0, 0.05) is 17.8 Å². The molecule has 1 N–H and O–H groups in total. The van der Waals surface area contributed by atoms with Gasteiger partial charge in [0.1, 0.15) is 6.04 Å². The van der Waals surface area contributed by atoms with Crippen LogP contribution in [0.1, 0.15) is 42.0 Å². The molecule has 1 atom stereocenters. The molecule has 0 saturated carbocycles. The highest BCUT2D eigenvalue weighted by Crippen LogP contribution is 2.29. The van der Waals surface area contributed by atoms with Crippen molar-refractivity contribution in [3.8, 4) is 0 Å². The second-order valence-corrected chi connectivity index (χ2v) is 7.11. The Morgan fingerprint density at radius 2 is 1.70 bits per heavy atom. The smallest absolute Gasteiger partial charge is 0.269 e. The molecule has 1 aliphatic heterocycles. The zero-order chi connectivity index (χ0) is 19.4. The van der Waals surface area contributed by atoms with E-state index >= 15 is 0 Å². The fourth-order valence-corrected chi connectivity index (χ4v) is 3.72. The highest BCUT2D eigenvalue weighted by atomic mass is 16.6. The number of hydrogen-bond donors (Lipinski definition) is 1. The van der Waals surface area contributed by atoms with Crippen molar-refractivity contribution in [1.82, 2.24) is 4.90 Å². The zero-order valence-electron chi connectivity index (χ0n) is 15.8. The average molecular weight is 367 g/mol. The van der Waals surface area contributed by atoms with E-state index in [0.717, 1.165) is 49.2 Å². The third kappa shape index (κ3) is 4.34. The maximum absolute atomic E-state index is 13.3. The number of carbonyl (C=O) groups excluding carboxylic acids is 1. The van der Waals surface area contributed by atoms with Gasteiger partial charge in [-0.15, -0.1) is 0 Å². The summed E-state index contributed by atoms with van der Waals surface area (Å²) in [6.45, 7) is 5.55. The Bertz CT molecular complexity index is 824. The van der Waals surface area contributed by atoms with Gasteiger partial charge < -0.3 is 5.32 Å². The molecular formula is C21H25N3O3. The number of hydrogen-bond acceptors (Lipinski definition) is 4. The number of benzene rings is 2. The summed E-state index contributed by atoms with van der Waals surface area (Å²) >= 11 is 0. The van der Waals surface area contributed by atoms with Crippen LogP contribution in [0.15, 0.2) is 42.5 Å². The van der Waals surface area contributed by atoms with E-state index in [0.29, 0.717) is 5.56 Å². The van der Waals surface area contributed by atoms with Gasteiger partial charge in [-0.1, -0.05) is 36.8 Å². The van der Waals surface area contributed by atoms with Crippen LogP contribution in [-0.4, -0.2) is 28.8 Å². The van der Waals surface area contributed by atoms with Crippen LogP contribution >= 0.6 is 0 Å². The van der Waals surface area contributed by atoms with Crippen molar-refractivity contribution in [2.75, 3.05) is 18.4 Å². The van der Waals surface area contributed by atoms with Crippen molar-refractivity contribution in [3.63, 3.8) is 0 Å². The van der Waals surface area contributed by atoms with Gasteiger partial charge in [-0.3, -0.25) is 19.8 Å². The van der Waals surface area contributed by atoms with Crippen LogP contribution in [0.4, 0.5) is 11.4 Å². The summed E-state index contributed by atoms with van der Waals surface area (Å²) in [6.07, 6.45) is 3.21. The lowest BCUT2D eigenvalue weighted by Gasteiger charge is -2.34. The van der Waals surface area contributed by atoms with Gasteiger partial charge in [-0.25, -0.2) is 0 Å². The Labute approximate surface area is 159 Å². The quantitative estimate of drug-likeness (QED) is 0.629. The number of nitrogens with zero attached hydrogens (tertiary/aromatic N) is 2. The molecule has 1 unspecified atom stereocenters. The molecule has 0 spiro atoms. The predicted molar refractivity (Wildman–Crippen MR) is 106 cm³/mol. The van der Waals surface area contributed by atoms with Crippen LogP contribution in [0.2, 0.25) is 0 Å². The summed E-state index contributed by atoms with van der Waals surface area (Å²) in [6, 6.07) is 11.8. The Kier molecular flexibility index (Phi) is 5.86. The third-order valence-corrected chi connectivity index (χ3v) is 5.13. The van der Waals surface area contributed by atoms with Crippen molar-refractivity contribution in [1.29, 1.82) is 0 Å². The summed E-state index contributed by atoms with van der Waals surface area (Å²) in [5.41, 5.74) is 3.48. The number of aryl methyl sites for hydroxylation is 2. The molecule has 27 heavy (non-hydrogen) atoms. The van der Waals surface area contributed by atoms with Gasteiger partial charge in [0.25, 0.3) is 5.69 Å². The fraction of sp³-hybridized carbons (Fsp3) is 0.381. The van der Waals surface area contributed by atoms with Gasteiger partial charge in [0.2, 0.25) is 5.91 Å². The SMILES string of the molecule is Cc1cccc(C)c1NC(=O)C(c1cccc([N+](=O)[O-])c1)N1CCCCC1. The number of carbonyl (C=O) groups is 1. The molecule has 1 amide bonds. The highest BCUT2D eigenvalue weighted by molar-refractivity contribution is 5.97. The van der Waals surface area contributed by atoms with Gasteiger partial charge in [-0.05, 0) is 56.5 Å². The van der Waals surface area contributed by atoms with Crippen LogP contribution in [0.3, 0.4) is 0 Å². The molecule has 3 rings (SSSR count). The van der Waals surface area contributed by atoms with Crippen molar-refractivity contribution in [2.24, 2.45) is 0 Å². The van der Waals surface area contributed by atoms with Crippen LogP contribution in [0, 0.1) is 24.0 Å². The standard InChI is InChI=1S/C21H25N3O3/c1-15-8-6-9-16(2)19(15)22-21(25)20(23-12-4-3-5-13-23)17-10-7-11-18(14-17)24(26)27/h6-11,14,20H,3-5,12-13H2,1-2H3,(H,22,25). The average Bonchev–Trinajstić information content (AvgIpc) is 2.66. The minimum absolute atomic E-state index is 0.00869. The van der Waals surface area contributed by atoms with E-state index in [-0.39, 0.29) is 11.6 Å². The first-order valence-corrected chi connectivity index (χ1v) is 9.33. The van der Waals surface area contributed by atoms with Crippen LogP contribution < -0.4 is 5.32 Å². The molecule has 0 aliphatic carbocycles. The molecule has 0 bridgehead atoms. The zero-order valence-corrected chi connectivity index (χ0v) is 15.8. The van der Waals surface area contributed by atoms with Crippen molar-refractivity contribution in [3.05, 3.63) is 69.3 Å².